The highest BCUT2D eigenvalue weighted by molar-refractivity contribution is 7.80. The topological polar surface area (TPSA) is 85.0 Å². The molecule has 0 radical (unpaired) electrons. The first-order chi connectivity index (χ1) is 15.1. The molecule has 152 valence electrons. The number of furan rings is 1. The Bertz CT molecular complexity index is 1410. The smallest absolute Gasteiger partial charge is 0.293 e. The molecule has 2 aromatic heterocycles. The number of carbonyl (C=O) groups excluding carboxylic acids is 1. The van der Waals surface area contributed by atoms with Crippen LogP contribution in [-0.4, -0.2) is 26.0 Å². The van der Waals surface area contributed by atoms with E-state index in [2.05, 4.69) is 20.8 Å². The van der Waals surface area contributed by atoms with E-state index in [-0.39, 0.29) is 10.9 Å². The average molecular weight is 448 g/mol. The number of thiocarbonyl (C=S) groups is 1. The van der Waals surface area contributed by atoms with E-state index >= 15 is 0 Å². The number of para-hydroxylation sites is 2. The number of amides is 1. The van der Waals surface area contributed by atoms with Crippen molar-refractivity contribution >= 4 is 62.5 Å². The number of carbonyl (C=O) groups is 1. The highest BCUT2D eigenvalue weighted by atomic mass is 35.5. The van der Waals surface area contributed by atoms with Gasteiger partial charge in [-0.3, -0.25) is 10.1 Å². The highest BCUT2D eigenvalue weighted by Crippen LogP contribution is 2.27. The SMILES string of the molecule is O=C(NC(=S)Nc1cc2nn(-c3ccccc3)nc2cc1Cl)c1cc2ccccc2o1. The van der Waals surface area contributed by atoms with Crippen LogP contribution in [0.4, 0.5) is 5.69 Å². The minimum absolute atomic E-state index is 0.0853. The maximum Gasteiger partial charge on any atom is 0.293 e. The highest BCUT2D eigenvalue weighted by Gasteiger charge is 2.15. The molecule has 7 nitrogen and oxygen atoms in total. The first-order valence-corrected chi connectivity index (χ1v) is 10.1. The molecular formula is C22H14ClN5O2S. The van der Waals surface area contributed by atoms with Gasteiger partial charge in [-0.1, -0.05) is 48.0 Å². The van der Waals surface area contributed by atoms with Gasteiger partial charge in [-0.05, 0) is 48.6 Å². The van der Waals surface area contributed by atoms with Crippen LogP contribution in [-0.2, 0) is 0 Å². The quantitative estimate of drug-likeness (QED) is 0.381. The molecule has 9 heteroatoms. The van der Waals surface area contributed by atoms with Crippen LogP contribution in [0, 0.1) is 0 Å². The van der Waals surface area contributed by atoms with Gasteiger partial charge in [0.25, 0.3) is 5.91 Å². The van der Waals surface area contributed by atoms with Gasteiger partial charge in [0.15, 0.2) is 10.9 Å². The van der Waals surface area contributed by atoms with Crippen LogP contribution in [0.5, 0.6) is 0 Å². The largest absolute Gasteiger partial charge is 0.451 e. The van der Waals surface area contributed by atoms with E-state index in [1.807, 2.05) is 48.5 Å². The second-order valence-corrected chi connectivity index (χ2v) is 7.52. The van der Waals surface area contributed by atoms with Crippen molar-refractivity contribution in [3.05, 3.63) is 83.6 Å². The summed E-state index contributed by atoms with van der Waals surface area (Å²) in [6.45, 7) is 0. The minimum Gasteiger partial charge on any atom is -0.451 e. The van der Waals surface area contributed by atoms with Gasteiger partial charge in [-0.15, -0.1) is 10.2 Å². The summed E-state index contributed by atoms with van der Waals surface area (Å²) in [5.41, 5.74) is 3.22. The van der Waals surface area contributed by atoms with Crippen molar-refractivity contribution < 1.29 is 9.21 Å². The van der Waals surface area contributed by atoms with Crippen molar-refractivity contribution in [2.75, 3.05) is 5.32 Å². The second-order valence-electron chi connectivity index (χ2n) is 6.70. The standard InChI is InChI=1S/C22H14ClN5O2S/c23-15-11-17-18(27-28(26-17)14-7-2-1-3-8-14)12-16(15)24-22(31)25-21(29)20-10-13-6-4-5-9-19(13)30-20/h1-12H,(H2,24,25,29,31). The minimum atomic E-state index is -0.457. The molecule has 0 bridgehead atoms. The van der Waals surface area contributed by atoms with Crippen molar-refractivity contribution in [3.8, 4) is 5.69 Å². The lowest BCUT2D eigenvalue weighted by Gasteiger charge is -2.09. The monoisotopic (exact) mass is 447 g/mol. The predicted molar refractivity (Wildman–Crippen MR) is 124 cm³/mol. The number of nitrogens with one attached hydrogen (secondary N) is 2. The molecule has 3 aromatic carbocycles. The fourth-order valence-electron chi connectivity index (χ4n) is 3.12. The third-order valence-corrected chi connectivity index (χ3v) is 5.10. The number of rotatable bonds is 3. The third-order valence-electron chi connectivity index (χ3n) is 4.58. The molecule has 0 saturated carbocycles. The van der Waals surface area contributed by atoms with Crippen LogP contribution < -0.4 is 10.6 Å². The molecule has 1 amide bonds. The molecule has 0 unspecified atom stereocenters. The number of aromatic nitrogens is 3. The number of fused-ring (bicyclic) bond motifs is 2. The van der Waals surface area contributed by atoms with E-state index in [0.29, 0.717) is 27.3 Å². The van der Waals surface area contributed by atoms with Gasteiger partial charge in [0, 0.05) is 5.39 Å². The molecule has 5 rings (SSSR count). The van der Waals surface area contributed by atoms with E-state index in [0.717, 1.165) is 11.1 Å². The van der Waals surface area contributed by atoms with Crippen LogP contribution in [0.2, 0.25) is 5.02 Å². The maximum absolute atomic E-state index is 12.5. The summed E-state index contributed by atoms with van der Waals surface area (Å²) >= 11 is 11.7. The molecule has 2 heterocycles. The van der Waals surface area contributed by atoms with Crippen LogP contribution in [0.25, 0.3) is 27.7 Å². The number of anilines is 1. The van der Waals surface area contributed by atoms with Gasteiger partial charge in [-0.2, -0.15) is 4.80 Å². The van der Waals surface area contributed by atoms with Crippen molar-refractivity contribution in [3.63, 3.8) is 0 Å². The fraction of sp³-hybridized carbons (Fsp3) is 0. The summed E-state index contributed by atoms with van der Waals surface area (Å²) in [5, 5.41) is 15.8. The molecule has 0 aliphatic heterocycles. The molecule has 31 heavy (non-hydrogen) atoms. The fourth-order valence-corrected chi connectivity index (χ4v) is 3.53. The number of benzene rings is 3. The molecule has 0 spiro atoms. The average Bonchev–Trinajstić information content (AvgIpc) is 3.38. The van der Waals surface area contributed by atoms with Crippen molar-refractivity contribution in [2.24, 2.45) is 0 Å². The Hall–Kier alpha value is -3.75. The van der Waals surface area contributed by atoms with Crippen LogP contribution in [0.3, 0.4) is 0 Å². The number of hydrogen-bond acceptors (Lipinski definition) is 5. The van der Waals surface area contributed by atoms with Gasteiger partial charge in [-0.25, -0.2) is 0 Å². The summed E-state index contributed by atoms with van der Waals surface area (Å²) in [7, 11) is 0. The number of nitrogens with zero attached hydrogens (tertiary/aromatic N) is 3. The van der Waals surface area contributed by atoms with Crippen LogP contribution >= 0.6 is 23.8 Å². The van der Waals surface area contributed by atoms with Crippen molar-refractivity contribution in [1.29, 1.82) is 0 Å². The summed E-state index contributed by atoms with van der Waals surface area (Å²) < 4.78 is 5.56. The van der Waals surface area contributed by atoms with Gasteiger partial charge < -0.3 is 9.73 Å². The van der Waals surface area contributed by atoms with E-state index in [1.165, 1.54) is 4.80 Å². The Morgan fingerprint density at radius 1 is 0.968 bits per heavy atom. The molecule has 0 atom stereocenters. The van der Waals surface area contributed by atoms with E-state index in [9.17, 15) is 4.79 Å². The Morgan fingerprint density at radius 2 is 1.68 bits per heavy atom. The zero-order chi connectivity index (χ0) is 21.4. The van der Waals surface area contributed by atoms with Crippen LogP contribution in [0.15, 0.2) is 77.2 Å². The van der Waals surface area contributed by atoms with E-state index in [4.69, 9.17) is 28.2 Å². The molecule has 0 saturated heterocycles. The van der Waals surface area contributed by atoms with Gasteiger partial charge >= 0.3 is 0 Å². The predicted octanol–water partition coefficient (Wildman–Crippen LogP) is 4.95. The maximum atomic E-state index is 12.5. The molecule has 0 fully saturated rings. The molecule has 0 aliphatic carbocycles. The lowest BCUT2D eigenvalue weighted by Crippen LogP contribution is -2.33. The van der Waals surface area contributed by atoms with E-state index in [1.54, 1.807) is 24.3 Å². The summed E-state index contributed by atoms with van der Waals surface area (Å²) in [6, 6.07) is 22.0. The Kier molecular flexibility index (Phi) is 4.85. The van der Waals surface area contributed by atoms with E-state index < -0.39 is 5.91 Å². The first kappa shape index (κ1) is 19.2. The summed E-state index contributed by atoms with van der Waals surface area (Å²) in [4.78, 5) is 14.0. The summed E-state index contributed by atoms with van der Waals surface area (Å²) in [6.07, 6.45) is 0. The number of hydrogen-bond donors (Lipinski definition) is 2. The van der Waals surface area contributed by atoms with Crippen LogP contribution in [0.1, 0.15) is 10.6 Å². The normalized spacial score (nSPS) is 11.0. The van der Waals surface area contributed by atoms with Crippen molar-refractivity contribution in [2.45, 2.75) is 0 Å². The molecule has 2 N–H and O–H groups in total. The Labute approximate surface area is 186 Å². The zero-order valence-electron chi connectivity index (χ0n) is 15.9. The third kappa shape index (κ3) is 3.86. The zero-order valence-corrected chi connectivity index (χ0v) is 17.4. The summed E-state index contributed by atoms with van der Waals surface area (Å²) in [5.74, 6) is -0.293. The Balaban J connectivity index is 1.34. The van der Waals surface area contributed by atoms with Gasteiger partial charge in [0.2, 0.25) is 0 Å². The molecular weight excluding hydrogens is 434 g/mol. The molecule has 5 aromatic rings. The first-order valence-electron chi connectivity index (χ1n) is 9.30. The lowest BCUT2D eigenvalue weighted by atomic mass is 10.2. The van der Waals surface area contributed by atoms with Crippen molar-refractivity contribution in [1.82, 2.24) is 20.3 Å². The Morgan fingerprint density at radius 3 is 2.45 bits per heavy atom. The van der Waals surface area contributed by atoms with Gasteiger partial charge in [0.05, 0.1) is 16.4 Å². The second kappa shape index (κ2) is 7.82. The lowest BCUT2D eigenvalue weighted by molar-refractivity contribution is 0.0953. The van der Waals surface area contributed by atoms with Gasteiger partial charge in [0.1, 0.15) is 16.6 Å². The molecule has 0 aliphatic rings. The number of halogens is 1.